The molecule has 0 heterocycles. The minimum absolute atomic E-state index is 0.213. The van der Waals surface area contributed by atoms with Crippen LogP contribution in [-0.4, -0.2) is 5.91 Å². The quantitative estimate of drug-likeness (QED) is 0.931. The molecule has 2 aromatic rings. The Bertz CT molecular complexity index is 629. The van der Waals surface area contributed by atoms with Gasteiger partial charge in [0.05, 0.1) is 22.2 Å². The lowest BCUT2D eigenvalue weighted by atomic mass is 10.1. The Balaban J connectivity index is 2.01. The van der Waals surface area contributed by atoms with Gasteiger partial charge in [-0.3, -0.25) is 4.79 Å². The molecule has 0 aliphatic heterocycles. The smallest absolute Gasteiger partial charge is 0.253 e. The number of halogens is 1. The van der Waals surface area contributed by atoms with E-state index in [0.29, 0.717) is 22.7 Å². The highest BCUT2D eigenvalue weighted by molar-refractivity contribution is 6.33. The summed E-state index contributed by atoms with van der Waals surface area (Å²) in [6, 6.07) is 16.0. The average molecular weight is 271 g/mol. The number of rotatable bonds is 3. The van der Waals surface area contributed by atoms with Gasteiger partial charge in [0.25, 0.3) is 5.91 Å². The van der Waals surface area contributed by atoms with Gasteiger partial charge in [-0.1, -0.05) is 35.9 Å². The van der Waals surface area contributed by atoms with E-state index in [1.807, 2.05) is 18.2 Å². The van der Waals surface area contributed by atoms with E-state index >= 15 is 0 Å². The van der Waals surface area contributed by atoms with E-state index in [4.69, 9.17) is 16.9 Å². The molecule has 0 spiro atoms. The van der Waals surface area contributed by atoms with Crippen molar-refractivity contribution in [1.82, 2.24) is 5.32 Å². The molecular formula is C15H11ClN2O. The summed E-state index contributed by atoms with van der Waals surface area (Å²) in [6.45, 7) is 0.399. The first-order valence-corrected chi connectivity index (χ1v) is 6.10. The van der Waals surface area contributed by atoms with Gasteiger partial charge in [-0.15, -0.1) is 0 Å². The van der Waals surface area contributed by atoms with Crippen LogP contribution in [0.25, 0.3) is 0 Å². The van der Waals surface area contributed by atoms with Gasteiger partial charge in [0.15, 0.2) is 0 Å². The number of amides is 1. The molecule has 2 rings (SSSR count). The van der Waals surface area contributed by atoms with Gasteiger partial charge in [0.2, 0.25) is 0 Å². The molecule has 0 bridgehead atoms. The van der Waals surface area contributed by atoms with Crippen LogP contribution in [0.3, 0.4) is 0 Å². The number of nitriles is 1. The Labute approximate surface area is 116 Å². The third kappa shape index (κ3) is 3.34. The Kier molecular flexibility index (Phi) is 4.17. The van der Waals surface area contributed by atoms with Crippen LogP contribution in [0.1, 0.15) is 21.5 Å². The Hall–Kier alpha value is -2.31. The molecule has 3 nitrogen and oxygen atoms in total. The number of carbonyl (C=O) groups is 1. The fourth-order valence-electron chi connectivity index (χ4n) is 1.62. The summed E-state index contributed by atoms with van der Waals surface area (Å²) in [7, 11) is 0. The molecule has 0 radical (unpaired) electrons. The zero-order valence-corrected chi connectivity index (χ0v) is 10.8. The van der Waals surface area contributed by atoms with E-state index in [0.717, 1.165) is 5.56 Å². The third-order valence-corrected chi connectivity index (χ3v) is 2.98. The largest absolute Gasteiger partial charge is 0.348 e. The first kappa shape index (κ1) is 13.1. The summed E-state index contributed by atoms with van der Waals surface area (Å²) in [5.41, 5.74) is 1.98. The zero-order valence-electron chi connectivity index (χ0n) is 10.1. The second-order valence-corrected chi connectivity index (χ2v) is 4.38. The van der Waals surface area contributed by atoms with Gasteiger partial charge in [0, 0.05) is 6.54 Å². The third-order valence-electron chi connectivity index (χ3n) is 2.65. The highest BCUT2D eigenvalue weighted by Crippen LogP contribution is 2.14. The molecule has 94 valence electrons. The Morgan fingerprint density at radius 2 is 1.84 bits per heavy atom. The molecule has 2 aromatic carbocycles. The van der Waals surface area contributed by atoms with E-state index in [9.17, 15) is 4.79 Å². The van der Waals surface area contributed by atoms with Crippen molar-refractivity contribution in [2.24, 2.45) is 0 Å². The molecule has 0 saturated carbocycles. The molecule has 19 heavy (non-hydrogen) atoms. The summed E-state index contributed by atoms with van der Waals surface area (Å²) in [5, 5.41) is 11.9. The lowest BCUT2D eigenvalue weighted by Gasteiger charge is -2.06. The number of nitrogens with zero attached hydrogens (tertiary/aromatic N) is 1. The number of nitrogens with one attached hydrogen (secondary N) is 1. The van der Waals surface area contributed by atoms with Crippen LogP contribution in [0.5, 0.6) is 0 Å². The van der Waals surface area contributed by atoms with Crippen molar-refractivity contribution < 1.29 is 4.79 Å². The summed E-state index contributed by atoms with van der Waals surface area (Å²) in [5.74, 6) is -0.213. The van der Waals surface area contributed by atoms with Crippen molar-refractivity contribution in [3.8, 4) is 6.07 Å². The van der Waals surface area contributed by atoms with Gasteiger partial charge >= 0.3 is 0 Å². The van der Waals surface area contributed by atoms with Gasteiger partial charge in [-0.05, 0) is 29.8 Å². The summed E-state index contributed by atoms with van der Waals surface area (Å²) in [4.78, 5) is 11.9. The van der Waals surface area contributed by atoms with Crippen molar-refractivity contribution in [3.05, 3.63) is 70.2 Å². The number of hydrogen-bond donors (Lipinski definition) is 1. The number of carbonyl (C=O) groups excluding carboxylic acids is 1. The van der Waals surface area contributed by atoms with Gasteiger partial charge in [-0.2, -0.15) is 5.26 Å². The van der Waals surface area contributed by atoms with Crippen LogP contribution in [-0.2, 0) is 6.54 Å². The van der Waals surface area contributed by atoms with E-state index in [1.54, 1.807) is 36.4 Å². The molecule has 1 amide bonds. The van der Waals surface area contributed by atoms with E-state index in [2.05, 4.69) is 5.32 Å². The van der Waals surface area contributed by atoms with Crippen LogP contribution >= 0.6 is 11.6 Å². The van der Waals surface area contributed by atoms with Crippen molar-refractivity contribution >= 4 is 17.5 Å². The minimum Gasteiger partial charge on any atom is -0.348 e. The topological polar surface area (TPSA) is 52.9 Å². The van der Waals surface area contributed by atoms with Crippen molar-refractivity contribution in [1.29, 1.82) is 5.26 Å². The molecule has 0 atom stereocenters. The second-order valence-electron chi connectivity index (χ2n) is 3.97. The van der Waals surface area contributed by atoms with E-state index < -0.39 is 0 Å². The van der Waals surface area contributed by atoms with Crippen LogP contribution < -0.4 is 5.32 Å². The molecular weight excluding hydrogens is 260 g/mol. The Morgan fingerprint density at radius 1 is 1.16 bits per heavy atom. The average Bonchev–Trinajstić information content (AvgIpc) is 2.46. The van der Waals surface area contributed by atoms with Crippen LogP contribution in [0.2, 0.25) is 5.02 Å². The molecule has 0 fully saturated rings. The van der Waals surface area contributed by atoms with Crippen LogP contribution in [0, 0.1) is 11.3 Å². The molecule has 0 aliphatic rings. The first-order valence-electron chi connectivity index (χ1n) is 5.72. The van der Waals surface area contributed by atoms with Gasteiger partial charge in [0.1, 0.15) is 0 Å². The lowest BCUT2D eigenvalue weighted by Crippen LogP contribution is -2.23. The fourth-order valence-corrected chi connectivity index (χ4v) is 1.84. The maximum atomic E-state index is 11.9. The zero-order chi connectivity index (χ0) is 13.7. The highest BCUT2D eigenvalue weighted by atomic mass is 35.5. The lowest BCUT2D eigenvalue weighted by molar-refractivity contribution is 0.0951. The van der Waals surface area contributed by atoms with Crippen LogP contribution in [0.15, 0.2) is 48.5 Å². The van der Waals surface area contributed by atoms with Crippen molar-refractivity contribution in [3.63, 3.8) is 0 Å². The van der Waals surface area contributed by atoms with Crippen LogP contribution in [0.4, 0.5) is 0 Å². The van der Waals surface area contributed by atoms with Crippen molar-refractivity contribution in [2.45, 2.75) is 6.54 Å². The number of benzene rings is 2. The molecule has 0 aromatic heterocycles. The second kappa shape index (κ2) is 6.03. The summed E-state index contributed by atoms with van der Waals surface area (Å²) >= 11 is 5.94. The minimum atomic E-state index is -0.213. The fraction of sp³-hybridized carbons (Fsp3) is 0.0667. The highest BCUT2D eigenvalue weighted by Gasteiger charge is 2.08. The monoisotopic (exact) mass is 270 g/mol. The molecule has 0 aliphatic carbocycles. The van der Waals surface area contributed by atoms with E-state index in [-0.39, 0.29) is 5.91 Å². The van der Waals surface area contributed by atoms with Crippen molar-refractivity contribution in [2.75, 3.05) is 0 Å². The van der Waals surface area contributed by atoms with E-state index in [1.165, 1.54) is 0 Å². The summed E-state index contributed by atoms with van der Waals surface area (Å²) < 4.78 is 0. The van der Waals surface area contributed by atoms with Gasteiger partial charge < -0.3 is 5.32 Å². The SMILES string of the molecule is N#Cc1ccc(CNC(=O)c2ccccc2Cl)cc1. The maximum Gasteiger partial charge on any atom is 0.253 e. The normalized spacial score (nSPS) is 9.68. The predicted octanol–water partition coefficient (Wildman–Crippen LogP) is 3.14. The maximum absolute atomic E-state index is 11.9. The first-order chi connectivity index (χ1) is 9.20. The predicted molar refractivity (Wildman–Crippen MR) is 73.8 cm³/mol. The number of hydrogen-bond acceptors (Lipinski definition) is 2. The Morgan fingerprint density at radius 3 is 2.47 bits per heavy atom. The standard InChI is InChI=1S/C15H11ClN2O/c16-14-4-2-1-3-13(14)15(19)18-10-12-7-5-11(9-17)6-8-12/h1-8H,10H2,(H,18,19). The summed E-state index contributed by atoms with van der Waals surface area (Å²) in [6.07, 6.45) is 0. The molecule has 0 unspecified atom stereocenters. The molecule has 4 heteroatoms. The van der Waals surface area contributed by atoms with Gasteiger partial charge in [-0.25, -0.2) is 0 Å². The molecule has 1 N–H and O–H groups in total. The molecule has 0 saturated heterocycles.